The second kappa shape index (κ2) is 9.93. The molecule has 1 aliphatic heterocycles. The number of sulfonamides is 1. The summed E-state index contributed by atoms with van der Waals surface area (Å²) in [4.78, 5) is 26.7. The Bertz CT molecular complexity index is 1020. The van der Waals surface area contributed by atoms with Crippen molar-refractivity contribution in [1.82, 2.24) is 10.2 Å². The van der Waals surface area contributed by atoms with E-state index in [1.165, 1.54) is 12.1 Å². The van der Waals surface area contributed by atoms with Crippen LogP contribution in [0.5, 0.6) is 0 Å². The molecule has 1 heterocycles. The normalized spacial score (nSPS) is 16.6. The smallest absolute Gasteiger partial charge is 0.319 e. The molecule has 0 aromatic heterocycles. The fourth-order valence-electron chi connectivity index (χ4n) is 3.59. The lowest BCUT2D eigenvalue weighted by molar-refractivity contribution is -0.132. The number of nitrogens with zero attached hydrogens (tertiary/aromatic N) is 1. The average molecular weight is 445 g/mol. The average Bonchev–Trinajstić information content (AvgIpc) is 2.74. The number of carbonyl (C=O) groups is 2. The molecule has 1 saturated heterocycles. The molecular formula is C22H28N4O4S. The zero-order chi connectivity index (χ0) is 22.4. The molecule has 3 amide bonds. The third-order valence-electron chi connectivity index (χ3n) is 5.34. The Hall–Kier alpha value is -2.91. The molecule has 0 aliphatic carbocycles. The molecule has 4 N–H and O–H groups in total. The van der Waals surface area contributed by atoms with Gasteiger partial charge in [0.1, 0.15) is 0 Å². The van der Waals surface area contributed by atoms with Crippen LogP contribution < -0.4 is 15.8 Å². The van der Waals surface area contributed by atoms with Crippen molar-refractivity contribution in [3.8, 4) is 0 Å². The van der Waals surface area contributed by atoms with Crippen molar-refractivity contribution in [2.24, 2.45) is 11.1 Å². The molecule has 9 heteroatoms. The van der Waals surface area contributed by atoms with E-state index in [0.29, 0.717) is 19.6 Å². The summed E-state index contributed by atoms with van der Waals surface area (Å²) in [7, 11) is -3.75. The van der Waals surface area contributed by atoms with Crippen molar-refractivity contribution >= 4 is 27.6 Å². The number of aryl methyl sites for hydroxylation is 1. The molecule has 1 atom stereocenters. The van der Waals surface area contributed by atoms with Crippen LogP contribution in [0.4, 0.5) is 10.5 Å². The van der Waals surface area contributed by atoms with E-state index < -0.39 is 10.0 Å². The Morgan fingerprint density at radius 3 is 2.42 bits per heavy atom. The maximum absolute atomic E-state index is 12.7. The van der Waals surface area contributed by atoms with Gasteiger partial charge in [0.05, 0.1) is 11.3 Å². The Labute approximate surface area is 182 Å². The molecule has 0 spiro atoms. The van der Waals surface area contributed by atoms with Crippen LogP contribution in [0.25, 0.3) is 0 Å². The van der Waals surface area contributed by atoms with E-state index in [-0.39, 0.29) is 29.2 Å². The van der Waals surface area contributed by atoms with Crippen molar-refractivity contribution in [2.75, 3.05) is 25.0 Å². The molecule has 1 unspecified atom stereocenters. The molecule has 166 valence electrons. The minimum atomic E-state index is -3.75. The highest BCUT2D eigenvalue weighted by Crippen LogP contribution is 2.18. The maximum Gasteiger partial charge on any atom is 0.319 e. The second-order valence-electron chi connectivity index (χ2n) is 7.91. The van der Waals surface area contributed by atoms with E-state index >= 15 is 0 Å². The van der Waals surface area contributed by atoms with Gasteiger partial charge in [0.2, 0.25) is 15.9 Å². The molecule has 0 saturated carbocycles. The number of rotatable bonds is 6. The predicted octanol–water partition coefficient (Wildman–Crippen LogP) is 2.25. The lowest BCUT2D eigenvalue weighted by Crippen LogP contribution is -2.44. The van der Waals surface area contributed by atoms with E-state index in [9.17, 15) is 18.0 Å². The van der Waals surface area contributed by atoms with Crippen LogP contribution in [-0.2, 0) is 21.2 Å². The first-order valence-electron chi connectivity index (χ1n) is 10.2. The van der Waals surface area contributed by atoms with Gasteiger partial charge in [-0.1, -0.05) is 29.8 Å². The summed E-state index contributed by atoms with van der Waals surface area (Å²) < 4.78 is 22.7. The molecule has 2 aromatic rings. The van der Waals surface area contributed by atoms with Crippen LogP contribution in [-0.4, -0.2) is 44.9 Å². The number of urea groups is 1. The Morgan fingerprint density at radius 2 is 1.77 bits per heavy atom. The van der Waals surface area contributed by atoms with Gasteiger partial charge in [-0.05, 0) is 55.5 Å². The summed E-state index contributed by atoms with van der Waals surface area (Å²) in [6.45, 7) is 3.74. The van der Waals surface area contributed by atoms with Crippen molar-refractivity contribution in [3.63, 3.8) is 0 Å². The lowest BCUT2D eigenvalue weighted by atomic mass is 9.97. The molecule has 2 aromatic carbocycles. The summed E-state index contributed by atoms with van der Waals surface area (Å²) in [5.74, 6) is 0.170. The van der Waals surface area contributed by atoms with Crippen LogP contribution in [0.15, 0.2) is 53.4 Å². The standard InChI is InChI=1S/C22H28N4O4S/c1-16-4-8-19(9-5-16)25-22(28)24-14-18-3-2-12-26(15-18)21(27)13-17-6-10-20(11-7-17)31(23,29)30/h4-11,18H,2-3,12-15H2,1H3,(H2,23,29,30)(H2,24,25,28). The van der Waals surface area contributed by atoms with E-state index in [2.05, 4.69) is 10.6 Å². The highest BCUT2D eigenvalue weighted by Gasteiger charge is 2.24. The Morgan fingerprint density at radius 1 is 1.10 bits per heavy atom. The van der Waals surface area contributed by atoms with E-state index in [1.54, 1.807) is 17.0 Å². The quantitative estimate of drug-likeness (QED) is 0.632. The fraction of sp³-hybridized carbons (Fsp3) is 0.364. The van der Waals surface area contributed by atoms with Crippen molar-refractivity contribution in [2.45, 2.75) is 31.1 Å². The highest BCUT2D eigenvalue weighted by atomic mass is 32.2. The van der Waals surface area contributed by atoms with Crippen LogP contribution in [0.3, 0.4) is 0 Å². The van der Waals surface area contributed by atoms with Crippen molar-refractivity contribution in [1.29, 1.82) is 0 Å². The molecule has 3 rings (SSSR count). The van der Waals surface area contributed by atoms with E-state index in [4.69, 9.17) is 5.14 Å². The van der Waals surface area contributed by atoms with Crippen LogP contribution in [0.1, 0.15) is 24.0 Å². The lowest BCUT2D eigenvalue weighted by Gasteiger charge is -2.33. The third kappa shape index (κ3) is 6.80. The third-order valence-corrected chi connectivity index (χ3v) is 6.27. The van der Waals surface area contributed by atoms with Crippen molar-refractivity contribution in [3.05, 3.63) is 59.7 Å². The van der Waals surface area contributed by atoms with Crippen LogP contribution >= 0.6 is 0 Å². The number of piperidine rings is 1. The summed E-state index contributed by atoms with van der Waals surface area (Å²) in [6, 6.07) is 13.3. The number of likely N-dealkylation sites (tertiary alicyclic amines) is 1. The van der Waals surface area contributed by atoms with Crippen LogP contribution in [0.2, 0.25) is 0 Å². The molecule has 31 heavy (non-hydrogen) atoms. The summed E-state index contributed by atoms with van der Waals surface area (Å²) in [5.41, 5.74) is 2.59. The number of nitrogens with two attached hydrogens (primary N) is 1. The monoisotopic (exact) mass is 444 g/mol. The summed E-state index contributed by atoms with van der Waals surface area (Å²) >= 11 is 0. The van der Waals surface area contributed by atoms with Gasteiger partial charge in [-0.2, -0.15) is 0 Å². The van der Waals surface area contributed by atoms with E-state index in [0.717, 1.165) is 29.7 Å². The van der Waals surface area contributed by atoms with Gasteiger partial charge in [-0.3, -0.25) is 4.79 Å². The Kier molecular flexibility index (Phi) is 7.29. The number of benzene rings is 2. The van der Waals surface area contributed by atoms with Gasteiger partial charge in [0, 0.05) is 25.3 Å². The number of hydrogen-bond acceptors (Lipinski definition) is 4. The van der Waals surface area contributed by atoms with Gasteiger partial charge in [-0.15, -0.1) is 0 Å². The number of amides is 3. The predicted molar refractivity (Wildman–Crippen MR) is 119 cm³/mol. The Balaban J connectivity index is 1.47. The van der Waals surface area contributed by atoms with Gasteiger partial charge >= 0.3 is 6.03 Å². The minimum Gasteiger partial charge on any atom is -0.342 e. The van der Waals surface area contributed by atoms with Gasteiger partial charge in [-0.25, -0.2) is 18.4 Å². The number of carbonyl (C=O) groups excluding carboxylic acids is 2. The SMILES string of the molecule is Cc1ccc(NC(=O)NCC2CCCN(C(=O)Cc3ccc(S(N)(=O)=O)cc3)C2)cc1. The fourth-order valence-corrected chi connectivity index (χ4v) is 4.11. The second-order valence-corrected chi connectivity index (χ2v) is 9.48. The molecule has 1 aliphatic rings. The summed E-state index contributed by atoms with van der Waals surface area (Å²) in [5, 5.41) is 10.8. The number of primary sulfonamides is 1. The summed E-state index contributed by atoms with van der Waals surface area (Å²) in [6.07, 6.45) is 2.01. The zero-order valence-corrected chi connectivity index (χ0v) is 18.3. The molecule has 8 nitrogen and oxygen atoms in total. The number of nitrogens with one attached hydrogen (secondary N) is 2. The van der Waals surface area contributed by atoms with Gasteiger partial charge < -0.3 is 15.5 Å². The van der Waals surface area contributed by atoms with Gasteiger partial charge in [0.25, 0.3) is 0 Å². The highest BCUT2D eigenvalue weighted by molar-refractivity contribution is 7.89. The maximum atomic E-state index is 12.7. The first-order valence-corrected chi connectivity index (χ1v) is 11.8. The largest absolute Gasteiger partial charge is 0.342 e. The topological polar surface area (TPSA) is 122 Å². The minimum absolute atomic E-state index is 0.0165. The molecule has 1 fully saturated rings. The van der Waals surface area contributed by atoms with Gasteiger partial charge in [0.15, 0.2) is 0 Å². The zero-order valence-electron chi connectivity index (χ0n) is 17.5. The van der Waals surface area contributed by atoms with Crippen molar-refractivity contribution < 1.29 is 18.0 Å². The number of anilines is 1. The molecular weight excluding hydrogens is 416 g/mol. The van der Waals surface area contributed by atoms with E-state index in [1.807, 2.05) is 31.2 Å². The van der Waals surface area contributed by atoms with Crippen LogP contribution in [0, 0.1) is 12.8 Å². The first-order chi connectivity index (χ1) is 14.7. The molecule has 0 bridgehead atoms. The number of hydrogen-bond donors (Lipinski definition) is 3. The first kappa shape index (κ1) is 22.8. The molecule has 0 radical (unpaired) electrons.